The molecule has 0 unspecified atom stereocenters. The third-order valence-electron chi connectivity index (χ3n) is 4.58. The summed E-state index contributed by atoms with van der Waals surface area (Å²) in [5, 5.41) is 8.90. The number of nitrogens with zero attached hydrogens (tertiary/aromatic N) is 5. The van der Waals surface area contributed by atoms with Crippen molar-refractivity contribution in [1.82, 2.24) is 14.5 Å². The Kier molecular flexibility index (Phi) is 5.34. The molecule has 6 heteroatoms. The number of likely N-dealkylation sites (tertiary alicyclic amines) is 1. The summed E-state index contributed by atoms with van der Waals surface area (Å²) >= 11 is 0. The van der Waals surface area contributed by atoms with Gasteiger partial charge in [-0.3, -0.25) is 4.90 Å². The number of aromatic nitrogens is 2. The van der Waals surface area contributed by atoms with Crippen molar-refractivity contribution in [3.63, 3.8) is 0 Å². The minimum absolute atomic E-state index is 0.0591. The first kappa shape index (κ1) is 17.0. The number of nitriles is 1. The van der Waals surface area contributed by atoms with Crippen molar-refractivity contribution in [2.75, 3.05) is 24.5 Å². The van der Waals surface area contributed by atoms with Crippen LogP contribution < -0.4 is 4.90 Å². The molecule has 0 atom stereocenters. The molecular formula is C19H23N5O. The second kappa shape index (κ2) is 7.84. The van der Waals surface area contributed by atoms with Gasteiger partial charge in [-0.1, -0.05) is 12.1 Å². The van der Waals surface area contributed by atoms with Gasteiger partial charge in [0.1, 0.15) is 5.82 Å². The lowest BCUT2D eigenvalue weighted by Crippen LogP contribution is -2.46. The van der Waals surface area contributed by atoms with E-state index in [9.17, 15) is 4.79 Å². The summed E-state index contributed by atoms with van der Waals surface area (Å²) in [5.41, 5.74) is 1.71. The van der Waals surface area contributed by atoms with Crippen LogP contribution in [0.2, 0.25) is 0 Å². The van der Waals surface area contributed by atoms with Gasteiger partial charge in [0.05, 0.1) is 30.7 Å². The van der Waals surface area contributed by atoms with E-state index in [-0.39, 0.29) is 6.03 Å². The Bertz CT molecular complexity index is 753. The minimum Gasteiger partial charge on any atom is -0.324 e. The Labute approximate surface area is 148 Å². The highest BCUT2D eigenvalue weighted by Crippen LogP contribution is 2.20. The lowest BCUT2D eigenvalue weighted by Gasteiger charge is -2.32. The average molecular weight is 337 g/mol. The predicted octanol–water partition coefficient (Wildman–Crippen LogP) is 3.24. The van der Waals surface area contributed by atoms with E-state index in [2.05, 4.69) is 11.1 Å². The van der Waals surface area contributed by atoms with Gasteiger partial charge in [-0.05, 0) is 43.9 Å². The van der Waals surface area contributed by atoms with E-state index in [1.807, 2.05) is 40.7 Å². The summed E-state index contributed by atoms with van der Waals surface area (Å²) in [5.74, 6) is 0.808. The van der Waals surface area contributed by atoms with Crippen LogP contribution in [0.1, 0.15) is 37.3 Å². The summed E-state index contributed by atoms with van der Waals surface area (Å²) in [7, 11) is 0. The van der Waals surface area contributed by atoms with Gasteiger partial charge in [0, 0.05) is 19.6 Å². The van der Waals surface area contributed by atoms with Gasteiger partial charge in [0.15, 0.2) is 0 Å². The number of benzene rings is 1. The molecule has 0 aliphatic carbocycles. The summed E-state index contributed by atoms with van der Waals surface area (Å²) in [6.07, 6.45) is 6.85. The van der Waals surface area contributed by atoms with Crippen LogP contribution in [0.3, 0.4) is 0 Å². The molecule has 1 aromatic heterocycles. The normalized spacial score (nSPS) is 14.2. The summed E-state index contributed by atoms with van der Waals surface area (Å²) in [6.45, 7) is 4.87. The molecule has 0 saturated carbocycles. The monoisotopic (exact) mass is 337 g/mol. The van der Waals surface area contributed by atoms with E-state index in [0.29, 0.717) is 18.7 Å². The van der Waals surface area contributed by atoms with Crippen molar-refractivity contribution in [3.8, 4) is 6.07 Å². The van der Waals surface area contributed by atoms with Crippen molar-refractivity contribution in [3.05, 3.63) is 47.9 Å². The van der Waals surface area contributed by atoms with Crippen molar-refractivity contribution in [2.45, 2.75) is 32.7 Å². The van der Waals surface area contributed by atoms with Crippen LogP contribution in [0.15, 0.2) is 36.8 Å². The molecule has 0 radical (unpaired) electrons. The van der Waals surface area contributed by atoms with E-state index in [4.69, 9.17) is 5.26 Å². The zero-order valence-corrected chi connectivity index (χ0v) is 14.6. The van der Waals surface area contributed by atoms with Gasteiger partial charge in [0.25, 0.3) is 0 Å². The van der Waals surface area contributed by atoms with Gasteiger partial charge in [-0.2, -0.15) is 5.26 Å². The van der Waals surface area contributed by atoms with E-state index in [0.717, 1.165) is 37.3 Å². The fourth-order valence-electron chi connectivity index (χ4n) is 3.19. The SMILES string of the molecule is CCN(C(=O)N1CCCCC1)c1cncn1Cc1ccc(C#N)cc1. The molecule has 2 amide bonds. The molecular weight excluding hydrogens is 314 g/mol. The zero-order chi connectivity index (χ0) is 17.6. The third-order valence-corrected chi connectivity index (χ3v) is 4.58. The molecule has 1 fully saturated rings. The van der Waals surface area contributed by atoms with E-state index < -0.39 is 0 Å². The van der Waals surface area contributed by atoms with E-state index in [1.54, 1.807) is 17.4 Å². The first-order chi connectivity index (χ1) is 12.2. The van der Waals surface area contributed by atoms with Gasteiger partial charge in [-0.15, -0.1) is 0 Å². The number of carbonyl (C=O) groups is 1. The number of hydrogen-bond donors (Lipinski definition) is 0. The minimum atomic E-state index is 0.0591. The molecule has 130 valence electrons. The molecule has 3 rings (SSSR count). The van der Waals surface area contributed by atoms with E-state index >= 15 is 0 Å². The molecule has 2 aromatic rings. The van der Waals surface area contributed by atoms with Gasteiger partial charge in [-0.25, -0.2) is 9.78 Å². The van der Waals surface area contributed by atoms with Crippen LogP contribution in [0.25, 0.3) is 0 Å². The van der Waals surface area contributed by atoms with E-state index in [1.165, 1.54) is 6.42 Å². The first-order valence-corrected chi connectivity index (χ1v) is 8.78. The Morgan fingerprint density at radius 2 is 1.96 bits per heavy atom. The standard InChI is InChI=1S/C19H23N5O/c1-2-24(19(25)22-10-4-3-5-11-22)18-13-21-15-23(18)14-17-8-6-16(12-20)7-9-17/h6-9,13,15H,2-5,10-11,14H2,1H3. The number of anilines is 1. The smallest absolute Gasteiger partial charge is 0.324 e. The molecule has 0 bridgehead atoms. The second-order valence-electron chi connectivity index (χ2n) is 6.26. The largest absolute Gasteiger partial charge is 0.325 e. The number of piperidine rings is 1. The lowest BCUT2D eigenvalue weighted by atomic mass is 10.1. The zero-order valence-electron chi connectivity index (χ0n) is 14.6. The second-order valence-corrected chi connectivity index (χ2v) is 6.26. The Morgan fingerprint density at radius 3 is 2.60 bits per heavy atom. The average Bonchev–Trinajstić information content (AvgIpc) is 3.11. The van der Waals surface area contributed by atoms with Crippen molar-refractivity contribution >= 4 is 11.8 Å². The quantitative estimate of drug-likeness (QED) is 0.860. The molecule has 1 aliphatic rings. The number of rotatable bonds is 4. The topological polar surface area (TPSA) is 65.2 Å². The Balaban J connectivity index is 1.78. The third kappa shape index (κ3) is 3.82. The maximum absolute atomic E-state index is 12.9. The molecule has 1 saturated heterocycles. The van der Waals surface area contributed by atoms with Gasteiger partial charge >= 0.3 is 6.03 Å². The number of imidazole rings is 1. The molecule has 1 aliphatic heterocycles. The molecule has 1 aromatic carbocycles. The van der Waals surface area contributed by atoms with Gasteiger partial charge in [0.2, 0.25) is 0 Å². The first-order valence-electron chi connectivity index (χ1n) is 8.78. The Morgan fingerprint density at radius 1 is 1.24 bits per heavy atom. The fraction of sp³-hybridized carbons (Fsp3) is 0.421. The molecule has 0 spiro atoms. The maximum Gasteiger partial charge on any atom is 0.325 e. The number of amides is 2. The predicted molar refractivity (Wildman–Crippen MR) is 96.3 cm³/mol. The molecule has 2 heterocycles. The number of carbonyl (C=O) groups excluding carboxylic acids is 1. The highest BCUT2D eigenvalue weighted by Gasteiger charge is 2.24. The van der Waals surface area contributed by atoms with Crippen LogP contribution >= 0.6 is 0 Å². The molecule has 6 nitrogen and oxygen atoms in total. The molecule has 25 heavy (non-hydrogen) atoms. The Hall–Kier alpha value is -2.81. The van der Waals surface area contributed by atoms with Crippen molar-refractivity contribution in [1.29, 1.82) is 5.26 Å². The lowest BCUT2D eigenvalue weighted by molar-refractivity contribution is 0.193. The van der Waals surface area contributed by atoms with Crippen LogP contribution in [-0.2, 0) is 6.54 Å². The summed E-state index contributed by atoms with van der Waals surface area (Å²) in [6, 6.07) is 9.67. The highest BCUT2D eigenvalue weighted by atomic mass is 16.2. The van der Waals surface area contributed by atoms with Gasteiger partial charge < -0.3 is 9.47 Å². The van der Waals surface area contributed by atoms with Crippen molar-refractivity contribution in [2.24, 2.45) is 0 Å². The summed E-state index contributed by atoms with van der Waals surface area (Å²) in [4.78, 5) is 20.9. The fourth-order valence-corrected chi connectivity index (χ4v) is 3.19. The van der Waals surface area contributed by atoms with Crippen LogP contribution in [0, 0.1) is 11.3 Å². The van der Waals surface area contributed by atoms with Crippen molar-refractivity contribution < 1.29 is 4.79 Å². The van der Waals surface area contributed by atoms with Crippen LogP contribution in [-0.4, -0.2) is 40.1 Å². The van der Waals surface area contributed by atoms with Crippen LogP contribution in [0.4, 0.5) is 10.6 Å². The summed E-state index contributed by atoms with van der Waals surface area (Å²) < 4.78 is 1.98. The highest BCUT2D eigenvalue weighted by molar-refractivity contribution is 5.91. The number of hydrogen-bond acceptors (Lipinski definition) is 3. The van der Waals surface area contributed by atoms with Crippen LogP contribution in [0.5, 0.6) is 0 Å². The maximum atomic E-state index is 12.9. The number of urea groups is 1. The molecule has 0 N–H and O–H groups in total.